The molecule has 0 N–H and O–H groups in total. The lowest BCUT2D eigenvalue weighted by atomic mass is 9.72. The zero-order valence-electron chi connectivity index (χ0n) is 6.95. The first-order chi connectivity index (χ1) is 5.79. The van der Waals surface area contributed by atoms with Gasteiger partial charge in [0.1, 0.15) is 11.6 Å². The highest BCUT2D eigenvalue weighted by Gasteiger charge is 2.37. The Kier molecular flexibility index (Phi) is 1.83. The highest BCUT2D eigenvalue weighted by molar-refractivity contribution is 5.96. The van der Waals surface area contributed by atoms with Crippen LogP contribution in [-0.4, -0.2) is 11.6 Å². The molecule has 12 heavy (non-hydrogen) atoms. The summed E-state index contributed by atoms with van der Waals surface area (Å²) in [6.07, 6.45) is 6.58. The van der Waals surface area contributed by atoms with Gasteiger partial charge in [0, 0.05) is 24.7 Å². The first-order valence-electron chi connectivity index (χ1n) is 4.49. The van der Waals surface area contributed by atoms with Gasteiger partial charge in [0.15, 0.2) is 0 Å². The fraction of sp³-hybridized carbons (Fsp3) is 0.600. The maximum absolute atomic E-state index is 11.4. The Bertz CT molecular complexity index is 227. The molecule has 0 spiro atoms. The molecule has 0 aromatic rings. The molecule has 2 atom stereocenters. The minimum atomic E-state index is 0.0243. The summed E-state index contributed by atoms with van der Waals surface area (Å²) in [4.78, 5) is 22.8. The van der Waals surface area contributed by atoms with Crippen molar-refractivity contribution in [2.75, 3.05) is 0 Å². The molecule has 2 aliphatic carbocycles. The lowest BCUT2D eigenvalue weighted by Crippen LogP contribution is -2.36. The highest BCUT2D eigenvalue weighted by Crippen LogP contribution is 2.33. The molecule has 64 valence electrons. The molecule has 0 bridgehead atoms. The maximum atomic E-state index is 11.4. The number of Topliss-reactive ketones (excluding diaryl/α,β-unsaturated/α-hetero) is 2. The van der Waals surface area contributed by atoms with E-state index in [1.54, 1.807) is 0 Å². The highest BCUT2D eigenvalue weighted by atomic mass is 16.1. The van der Waals surface area contributed by atoms with Crippen LogP contribution in [0, 0.1) is 11.8 Å². The number of hydrogen-bond donors (Lipinski definition) is 0. The third kappa shape index (κ3) is 1.11. The Hall–Kier alpha value is -0.920. The van der Waals surface area contributed by atoms with Gasteiger partial charge >= 0.3 is 0 Å². The van der Waals surface area contributed by atoms with Crippen LogP contribution in [0.25, 0.3) is 0 Å². The van der Waals surface area contributed by atoms with Gasteiger partial charge in [0.25, 0.3) is 0 Å². The van der Waals surface area contributed by atoms with Gasteiger partial charge in [-0.15, -0.1) is 0 Å². The molecule has 0 aliphatic heterocycles. The van der Waals surface area contributed by atoms with Crippen LogP contribution in [0.15, 0.2) is 12.2 Å². The van der Waals surface area contributed by atoms with Gasteiger partial charge in [-0.05, 0) is 12.8 Å². The molecule has 2 rings (SSSR count). The van der Waals surface area contributed by atoms with E-state index in [4.69, 9.17) is 0 Å². The molecule has 1 saturated carbocycles. The second-order valence-corrected chi connectivity index (χ2v) is 3.59. The Morgan fingerprint density at radius 1 is 0.917 bits per heavy atom. The number of carbonyl (C=O) groups is 2. The smallest absolute Gasteiger partial charge is 0.137 e. The van der Waals surface area contributed by atoms with Gasteiger partial charge in [-0.2, -0.15) is 0 Å². The van der Waals surface area contributed by atoms with E-state index in [9.17, 15) is 9.59 Å². The van der Waals surface area contributed by atoms with E-state index >= 15 is 0 Å². The zero-order valence-corrected chi connectivity index (χ0v) is 6.95. The summed E-state index contributed by atoms with van der Waals surface area (Å²) in [6.45, 7) is 0. The van der Waals surface area contributed by atoms with Crippen molar-refractivity contribution in [1.29, 1.82) is 0 Å². The summed E-state index contributed by atoms with van der Waals surface area (Å²) in [5, 5.41) is 0. The third-order valence-electron chi connectivity index (χ3n) is 2.88. The molecule has 1 fully saturated rings. The standard InChI is InChI=1S/C10H12O2/c11-9-5-6-10(12)8-4-2-1-3-7(8)9/h1-2,7-8H,3-6H2/t7-,8-/m0/s1. The molecular formula is C10H12O2. The summed E-state index contributed by atoms with van der Waals surface area (Å²) < 4.78 is 0. The van der Waals surface area contributed by atoms with Gasteiger partial charge in [0.05, 0.1) is 0 Å². The minimum Gasteiger partial charge on any atom is -0.299 e. The molecule has 0 saturated heterocycles. The molecule has 0 unspecified atom stereocenters. The molecular weight excluding hydrogens is 152 g/mol. The van der Waals surface area contributed by atoms with Crippen LogP contribution in [-0.2, 0) is 9.59 Å². The largest absolute Gasteiger partial charge is 0.299 e. The van der Waals surface area contributed by atoms with Crippen molar-refractivity contribution >= 4 is 11.6 Å². The first-order valence-corrected chi connectivity index (χ1v) is 4.49. The lowest BCUT2D eigenvalue weighted by molar-refractivity contribution is -0.137. The van der Waals surface area contributed by atoms with Crippen LogP contribution < -0.4 is 0 Å². The second kappa shape index (κ2) is 2.85. The van der Waals surface area contributed by atoms with Crippen molar-refractivity contribution in [2.24, 2.45) is 11.8 Å². The molecule has 2 aliphatic rings. The van der Waals surface area contributed by atoms with Crippen molar-refractivity contribution in [2.45, 2.75) is 25.7 Å². The second-order valence-electron chi connectivity index (χ2n) is 3.59. The van der Waals surface area contributed by atoms with Gasteiger partial charge in [-0.1, -0.05) is 12.2 Å². The van der Waals surface area contributed by atoms with E-state index < -0.39 is 0 Å². The fourth-order valence-corrected chi connectivity index (χ4v) is 2.14. The Labute approximate surface area is 71.6 Å². The SMILES string of the molecule is O=C1CCC(=O)[C@H]2CC=CC[C@H]12. The number of fused-ring (bicyclic) bond motifs is 1. The van der Waals surface area contributed by atoms with E-state index in [1.807, 2.05) is 12.2 Å². The predicted molar refractivity (Wildman–Crippen MR) is 44.6 cm³/mol. The van der Waals surface area contributed by atoms with Crippen molar-refractivity contribution < 1.29 is 9.59 Å². The summed E-state index contributed by atoms with van der Waals surface area (Å²) in [5.41, 5.74) is 0. The Morgan fingerprint density at radius 3 is 1.75 bits per heavy atom. The molecule has 0 aromatic carbocycles. The minimum absolute atomic E-state index is 0.0243. The number of allylic oxidation sites excluding steroid dienone is 2. The van der Waals surface area contributed by atoms with Crippen molar-refractivity contribution in [3.8, 4) is 0 Å². The van der Waals surface area contributed by atoms with E-state index in [2.05, 4.69) is 0 Å². The Morgan fingerprint density at radius 2 is 1.33 bits per heavy atom. The molecule has 0 amide bonds. The topological polar surface area (TPSA) is 34.1 Å². The molecule has 0 radical (unpaired) electrons. The van der Waals surface area contributed by atoms with Crippen LogP contribution in [0.5, 0.6) is 0 Å². The average Bonchev–Trinajstić information content (AvgIpc) is 2.12. The van der Waals surface area contributed by atoms with Crippen LogP contribution in [0.4, 0.5) is 0 Å². The number of ketones is 2. The van der Waals surface area contributed by atoms with E-state index in [0.29, 0.717) is 24.4 Å². The number of hydrogen-bond acceptors (Lipinski definition) is 2. The molecule has 0 heterocycles. The van der Waals surface area contributed by atoms with Gasteiger partial charge in [-0.25, -0.2) is 0 Å². The van der Waals surface area contributed by atoms with E-state index in [1.165, 1.54) is 0 Å². The number of rotatable bonds is 0. The quantitative estimate of drug-likeness (QED) is 0.508. The van der Waals surface area contributed by atoms with E-state index in [0.717, 1.165) is 12.8 Å². The van der Waals surface area contributed by atoms with Crippen LogP contribution in [0.1, 0.15) is 25.7 Å². The third-order valence-corrected chi connectivity index (χ3v) is 2.88. The van der Waals surface area contributed by atoms with Crippen molar-refractivity contribution in [3.63, 3.8) is 0 Å². The first kappa shape index (κ1) is 7.71. The average molecular weight is 164 g/mol. The lowest BCUT2D eigenvalue weighted by Gasteiger charge is -2.29. The fourth-order valence-electron chi connectivity index (χ4n) is 2.14. The summed E-state index contributed by atoms with van der Waals surface area (Å²) in [5.74, 6) is 0.639. The number of carbonyl (C=O) groups excluding carboxylic acids is 2. The Balaban J connectivity index is 2.23. The van der Waals surface area contributed by atoms with Crippen molar-refractivity contribution in [3.05, 3.63) is 12.2 Å². The molecule has 0 aromatic heterocycles. The molecule has 2 nitrogen and oxygen atoms in total. The zero-order chi connectivity index (χ0) is 8.55. The van der Waals surface area contributed by atoms with Gasteiger partial charge in [-0.3, -0.25) is 9.59 Å². The maximum Gasteiger partial charge on any atom is 0.137 e. The summed E-state index contributed by atoms with van der Waals surface area (Å²) in [7, 11) is 0. The van der Waals surface area contributed by atoms with Gasteiger partial charge < -0.3 is 0 Å². The van der Waals surface area contributed by atoms with Crippen molar-refractivity contribution in [1.82, 2.24) is 0 Å². The van der Waals surface area contributed by atoms with Crippen LogP contribution in [0.3, 0.4) is 0 Å². The summed E-state index contributed by atoms with van der Waals surface area (Å²) >= 11 is 0. The van der Waals surface area contributed by atoms with E-state index in [-0.39, 0.29) is 11.8 Å². The monoisotopic (exact) mass is 164 g/mol. The van der Waals surface area contributed by atoms with Crippen LogP contribution in [0.2, 0.25) is 0 Å². The van der Waals surface area contributed by atoms with Crippen LogP contribution >= 0.6 is 0 Å². The predicted octanol–water partition coefficient (Wildman–Crippen LogP) is 1.50. The van der Waals surface area contributed by atoms with Gasteiger partial charge in [0.2, 0.25) is 0 Å². The summed E-state index contributed by atoms with van der Waals surface area (Å²) in [6, 6.07) is 0. The normalized spacial score (nSPS) is 35.0. The molecule has 2 heteroatoms.